The maximum absolute atomic E-state index is 11.9. The third-order valence-corrected chi connectivity index (χ3v) is 2.46. The summed E-state index contributed by atoms with van der Waals surface area (Å²) in [5.41, 5.74) is 3.64. The molecule has 0 aliphatic carbocycles. The predicted molar refractivity (Wildman–Crippen MR) is 61.3 cm³/mol. The molecule has 0 heterocycles. The quantitative estimate of drug-likeness (QED) is 0.694. The van der Waals surface area contributed by atoms with Crippen LogP contribution in [0.4, 0.5) is 4.79 Å². The molecule has 0 atom stereocenters. The van der Waals surface area contributed by atoms with Gasteiger partial charge in [0.05, 0.1) is 0 Å². The summed E-state index contributed by atoms with van der Waals surface area (Å²) < 4.78 is 0. The summed E-state index contributed by atoms with van der Waals surface area (Å²) in [5, 5.41) is 9.05. The predicted octanol–water partition coefficient (Wildman–Crippen LogP) is -0.291. The van der Waals surface area contributed by atoms with Crippen molar-refractivity contribution < 1.29 is 19.5 Å². The van der Waals surface area contributed by atoms with E-state index >= 15 is 0 Å². The zero-order valence-electron chi connectivity index (χ0n) is 10.6. The van der Waals surface area contributed by atoms with Crippen molar-refractivity contribution in [2.24, 2.45) is 5.73 Å². The van der Waals surface area contributed by atoms with Crippen molar-refractivity contribution in [3.8, 4) is 0 Å². The normalized spacial score (nSPS) is 10.8. The minimum atomic E-state index is -1.34. The standard InChI is InChI=1S/C10H19N3O4/c1-5-13(10(2,3)8(15)16)9(17)12(4)6-7(11)14/h5-6H2,1-4H3,(H2,11,14)(H,15,16). The van der Waals surface area contributed by atoms with Gasteiger partial charge in [-0.2, -0.15) is 0 Å². The minimum absolute atomic E-state index is 0.223. The molecule has 0 saturated carbocycles. The number of likely N-dealkylation sites (N-methyl/N-ethyl adjacent to an activating group) is 2. The molecule has 0 unspecified atom stereocenters. The summed E-state index contributed by atoms with van der Waals surface area (Å²) in [4.78, 5) is 36.0. The van der Waals surface area contributed by atoms with Crippen LogP contribution < -0.4 is 5.73 Å². The number of hydrogen-bond acceptors (Lipinski definition) is 3. The molecule has 0 saturated heterocycles. The van der Waals surface area contributed by atoms with Crippen LogP contribution in [0.2, 0.25) is 0 Å². The Morgan fingerprint density at radius 3 is 2.06 bits per heavy atom. The molecule has 3 amide bonds. The van der Waals surface area contributed by atoms with E-state index in [1.165, 1.54) is 20.9 Å². The van der Waals surface area contributed by atoms with E-state index in [4.69, 9.17) is 10.8 Å². The molecular formula is C10H19N3O4. The Hall–Kier alpha value is -1.79. The average molecular weight is 245 g/mol. The Morgan fingerprint density at radius 1 is 1.29 bits per heavy atom. The summed E-state index contributed by atoms with van der Waals surface area (Å²) >= 11 is 0. The smallest absolute Gasteiger partial charge is 0.329 e. The van der Waals surface area contributed by atoms with Gasteiger partial charge in [0.2, 0.25) is 5.91 Å². The van der Waals surface area contributed by atoms with Gasteiger partial charge in [-0.25, -0.2) is 9.59 Å². The third kappa shape index (κ3) is 3.61. The van der Waals surface area contributed by atoms with Gasteiger partial charge in [-0.05, 0) is 20.8 Å². The van der Waals surface area contributed by atoms with Crippen LogP contribution in [0.25, 0.3) is 0 Å². The van der Waals surface area contributed by atoms with Crippen molar-refractivity contribution in [2.45, 2.75) is 26.3 Å². The van der Waals surface area contributed by atoms with Crippen molar-refractivity contribution in [1.29, 1.82) is 0 Å². The Kier molecular flexibility index (Phi) is 4.93. The second-order valence-corrected chi connectivity index (χ2v) is 4.21. The molecule has 98 valence electrons. The van der Waals surface area contributed by atoms with Crippen LogP contribution in [0.1, 0.15) is 20.8 Å². The van der Waals surface area contributed by atoms with Gasteiger partial charge in [0.1, 0.15) is 12.1 Å². The van der Waals surface area contributed by atoms with Crippen LogP contribution in [0.3, 0.4) is 0 Å². The molecule has 0 aromatic carbocycles. The largest absolute Gasteiger partial charge is 0.480 e. The van der Waals surface area contributed by atoms with E-state index < -0.39 is 23.4 Å². The van der Waals surface area contributed by atoms with Crippen LogP contribution in [0.15, 0.2) is 0 Å². The fraction of sp³-hybridized carbons (Fsp3) is 0.700. The third-order valence-electron chi connectivity index (χ3n) is 2.46. The van der Waals surface area contributed by atoms with Gasteiger partial charge in [0.15, 0.2) is 0 Å². The summed E-state index contributed by atoms with van der Waals surface area (Å²) in [7, 11) is 1.40. The highest BCUT2D eigenvalue weighted by Gasteiger charge is 2.38. The summed E-state index contributed by atoms with van der Waals surface area (Å²) in [6.45, 7) is 4.50. The lowest BCUT2D eigenvalue weighted by atomic mass is 10.0. The summed E-state index contributed by atoms with van der Waals surface area (Å²) in [5.74, 6) is -1.76. The van der Waals surface area contributed by atoms with E-state index in [1.807, 2.05) is 0 Å². The number of nitrogens with two attached hydrogens (primary N) is 1. The number of nitrogens with zero attached hydrogens (tertiary/aromatic N) is 2. The Labute approximate surface area is 100 Å². The van der Waals surface area contributed by atoms with Crippen LogP contribution in [-0.4, -0.2) is 58.5 Å². The molecule has 0 aliphatic rings. The lowest BCUT2D eigenvalue weighted by Gasteiger charge is -2.36. The number of primary amides is 1. The molecule has 3 N–H and O–H groups in total. The molecule has 0 aliphatic heterocycles. The van der Waals surface area contributed by atoms with Crippen LogP contribution >= 0.6 is 0 Å². The zero-order valence-corrected chi connectivity index (χ0v) is 10.6. The number of aliphatic carboxylic acids is 1. The topological polar surface area (TPSA) is 104 Å². The SMILES string of the molecule is CCN(C(=O)N(C)CC(N)=O)C(C)(C)C(=O)O. The second-order valence-electron chi connectivity index (χ2n) is 4.21. The van der Waals surface area contributed by atoms with E-state index in [-0.39, 0.29) is 13.1 Å². The van der Waals surface area contributed by atoms with Crippen molar-refractivity contribution in [3.63, 3.8) is 0 Å². The molecule has 0 radical (unpaired) electrons. The Bertz CT molecular complexity index is 328. The highest BCUT2D eigenvalue weighted by atomic mass is 16.4. The van der Waals surface area contributed by atoms with Crippen molar-refractivity contribution in [3.05, 3.63) is 0 Å². The summed E-state index contributed by atoms with van der Waals surface area (Å²) in [6.07, 6.45) is 0. The molecule has 0 aromatic rings. The average Bonchev–Trinajstić information content (AvgIpc) is 2.16. The number of amides is 3. The zero-order chi connectivity index (χ0) is 13.8. The first-order valence-electron chi connectivity index (χ1n) is 5.19. The number of carboxylic acids is 1. The number of carbonyl (C=O) groups excluding carboxylic acids is 2. The highest BCUT2D eigenvalue weighted by Crippen LogP contribution is 2.16. The fourth-order valence-electron chi connectivity index (χ4n) is 1.39. The van der Waals surface area contributed by atoms with Gasteiger partial charge < -0.3 is 20.6 Å². The van der Waals surface area contributed by atoms with E-state index in [9.17, 15) is 14.4 Å². The number of hydrogen-bond donors (Lipinski definition) is 2. The maximum Gasteiger partial charge on any atom is 0.329 e. The van der Waals surface area contributed by atoms with E-state index in [1.54, 1.807) is 6.92 Å². The van der Waals surface area contributed by atoms with Crippen LogP contribution in [0.5, 0.6) is 0 Å². The van der Waals surface area contributed by atoms with Gasteiger partial charge in [-0.15, -0.1) is 0 Å². The first kappa shape index (κ1) is 15.2. The Morgan fingerprint density at radius 2 is 1.76 bits per heavy atom. The highest BCUT2D eigenvalue weighted by molar-refractivity contribution is 5.87. The van der Waals surface area contributed by atoms with Gasteiger partial charge in [0, 0.05) is 13.6 Å². The monoisotopic (exact) mass is 245 g/mol. The van der Waals surface area contributed by atoms with E-state index in [0.29, 0.717) is 0 Å². The van der Waals surface area contributed by atoms with Gasteiger partial charge in [0.25, 0.3) is 0 Å². The van der Waals surface area contributed by atoms with Gasteiger partial charge >= 0.3 is 12.0 Å². The van der Waals surface area contributed by atoms with E-state index in [0.717, 1.165) is 9.80 Å². The molecule has 0 fully saturated rings. The van der Waals surface area contributed by atoms with Crippen molar-refractivity contribution in [2.75, 3.05) is 20.1 Å². The second kappa shape index (κ2) is 5.51. The van der Waals surface area contributed by atoms with Gasteiger partial charge in [-0.1, -0.05) is 0 Å². The summed E-state index contributed by atoms with van der Waals surface area (Å²) in [6, 6.07) is -0.543. The lowest BCUT2D eigenvalue weighted by molar-refractivity contribution is -0.147. The molecule has 17 heavy (non-hydrogen) atoms. The molecule has 0 rings (SSSR count). The van der Waals surface area contributed by atoms with Crippen molar-refractivity contribution in [1.82, 2.24) is 9.80 Å². The first-order chi connectivity index (χ1) is 7.64. The number of carbonyl (C=O) groups is 3. The first-order valence-corrected chi connectivity index (χ1v) is 5.19. The molecule has 0 aromatic heterocycles. The molecule has 0 bridgehead atoms. The van der Waals surface area contributed by atoms with Crippen molar-refractivity contribution >= 4 is 17.9 Å². The number of rotatable bonds is 5. The van der Waals surface area contributed by atoms with Crippen LogP contribution in [-0.2, 0) is 9.59 Å². The lowest BCUT2D eigenvalue weighted by Crippen LogP contribution is -2.57. The number of carboxylic acid groups (broad SMARTS) is 1. The maximum atomic E-state index is 11.9. The molecular weight excluding hydrogens is 226 g/mol. The minimum Gasteiger partial charge on any atom is -0.480 e. The van der Waals surface area contributed by atoms with E-state index in [2.05, 4.69) is 0 Å². The molecule has 7 nitrogen and oxygen atoms in total. The molecule has 0 spiro atoms. The molecule has 7 heteroatoms. The Balaban J connectivity index is 4.95. The fourth-order valence-corrected chi connectivity index (χ4v) is 1.39. The van der Waals surface area contributed by atoms with Gasteiger partial charge in [-0.3, -0.25) is 4.79 Å². The number of urea groups is 1. The van der Waals surface area contributed by atoms with Crippen LogP contribution in [0, 0.1) is 0 Å².